The van der Waals surface area contributed by atoms with E-state index in [1.54, 1.807) is 12.1 Å². The van der Waals surface area contributed by atoms with E-state index in [4.69, 9.17) is 17.6 Å². The first-order chi connectivity index (χ1) is 14.2. The lowest BCUT2D eigenvalue weighted by Crippen LogP contribution is -2.23. The van der Waals surface area contributed by atoms with Gasteiger partial charge in [-0.1, -0.05) is 88.7 Å². The Kier molecular flexibility index (Phi) is 14.3. The SMILES string of the molecule is C#CCN(CC#C)Cc1ccc(C(=O)OCCCCCCCCCCCC)cc1. The number of rotatable bonds is 16. The van der Waals surface area contributed by atoms with Crippen LogP contribution in [-0.4, -0.2) is 30.6 Å². The van der Waals surface area contributed by atoms with E-state index in [1.165, 1.54) is 51.4 Å². The van der Waals surface area contributed by atoms with Crippen LogP contribution in [0.4, 0.5) is 0 Å². The average molecular weight is 396 g/mol. The van der Waals surface area contributed by atoms with Crippen LogP contribution >= 0.6 is 0 Å². The van der Waals surface area contributed by atoms with E-state index in [1.807, 2.05) is 17.0 Å². The highest BCUT2D eigenvalue weighted by Gasteiger charge is 2.08. The summed E-state index contributed by atoms with van der Waals surface area (Å²) in [6.07, 6.45) is 23.4. The van der Waals surface area contributed by atoms with E-state index in [9.17, 15) is 4.79 Å². The van der Waals surface area contributed by atoms with Crippen molar-refractivity contribution in [2.45, 2.75) is 77.7 Å². The molecule has 0 atom stereocenters. The number of benzene rings is 1. The first-order valence-electron chi connectivity index (χ1n) is 11.1. The molecule has 3 nitrogen and oxygen atoms in total. The number of esters is 1. The molecule has 0 saturated carbocycles. The van der Waals surface area contributed by atoms with Crippen molar-refractivity contribution in [3.8, 4) is 24.7 Å². The summed E-state index contributed by atoms with van der Waals surface area (Å²) in [5.74, 6) is 4.97. The highest BCUT2D eigenvalue weighted by atomic mass is 16.5. The van der Waals surface area contributed by atoms with E-state index in [-0.39, 0.29) is 5.97 Å². The highest BCUT2D eigenvalue weighted by molar-refractivity contribution is 5.89. The summed E-state index contributed by atoms with van der Waals surface area (Å²) in [7, 11) is 0. The van der Waals surface area contributed by atoms with Crippen LogP contribution in [0.3, 0.4) is 0 Å². The molecule has 3 heteroatoms. The molecular weight excluding hydrogens is 358 g/mol. The normalized spacial score (nSPS) is 10.5. The molecule has 29 heavy (non-hydrogen) atoms. The van der Waals surface area contributed by atoms with Gasteiger partial charge < -0.3 is 4.74 Å². The molecule has 0 amide bonds. The minimum atomic E-state index is -0.253. The van der Waals surface area contributed by atoms with E-state index >= 15 is 0 Å². The highest BCUT2D eigenvalue weighted by Crippen LogP contribution is 2.12. The molecule has 0 aliphatic carbocycles. The lowest BCUT2D eigenvalue weighted by Gasteiger charge is -2.16. The number of hydrogen-bond donors (Lipinski definition) is 0. The van der Waals surface area contributed by atoms with Crippen LogP contribution in [-0.2, 0) is 11.3 Å². The summed E-state index contributed by atoms with van der Waals surface area (Å²) < 4.78 is 5.40. The predicted octanol–water partition coefficient (Wildman–Crippen LogP) is 5.83. The molecule has 0 radical (unpaired) electrons. The van der Waals surface area contributed by atoms with Gasteiger partial charge in [-0.15, -0.1) is 12.8 Å². The fourth-order valence-corrected chi connectivity index (χ4v) is 3.27. The van der Waals surface area contributed by atoms with Gasteiger partial charge in [0.1, 0.15) is 0 Å². The largest absolute Gasteiger partial charge is 0.462 e. The van der Waals surface area contributed by atoms with Crippen molar-refractivity contribution in [2.75, 3.05) is 19.7 Å². The lowest BCUT2D eigenvalue weighted by molar-refractivity contribution is 0.0497. The minimum absolute atomic E-state index is 0.253. The Hall–Kier alpha value is -2.23. The predicted molar refractivity (Wildman–Crippen MR) is 122 cm³/mol. The second-order valence-electron chi connectivity index (χ2n) is 7.57. The average Bonchev–Trinajstić information content (AvgIpc) is 2.73. The molecule has 0 saturated heterocycles. The van der Waals surface area contributed by atoms with Crippen LogP contribution in [0.5, 0.6) is 0 Å². The Balaban J connectivity index is 2.17. The number of carbonyl (C=O) groups is 1. The quantitative estimate of drug-likeness (QED) is 0.200. The van der Waals surface area contributed by atoms with Crippen molar-refractivity contribution >= 4 is 5.97 Å². The van der Waals surface area contributed by atoms with Crippen molar-refractivity contribution in [1.82, 2.24) is 4.90 Å². The van der Waals surface area contributed by atoms with Crippen LogP contribution < -0.4 is 0 Å². The fraction of sp³-hybridized carbons (Fsp3) is 0.577. The molecular formula is C26H37NO2. The molecule has 0 bridgehead atoms. The van der Waals surface area contributed by atoms with Crippen LogP contribution in [0.15, 0.2) is 24.3 Å². The van der Waals surface area contributed by atoms with Crippen molar-refractivity contribution in [3.05, 3.63) is 35.4 Å². The molecule has 0 aromatic heterocycles. The first kappa shape index (κ1) is 24.8. The molecule has 0 unspecified atom stereocenters. The van der Waals surface area contributed by atoms with Gasteiger partial charge in [-0.3, -0.25) is 4.90 Å². The Bertz CT molecular complexity index is 620. The van der Waals surface area contributed by atoms with Gasteiger partial charge in [-0.25, -0.2) is 4.79 Å². The van der Waals surface area contributed by atoms with E-state index in [0.717, 1.165) is 18.4 Å². The summed E-state index contributed by atoms with van der Waals surface area (Å²) in [4.78, 5) is 14.2. The van der Waals surface area contributed by atoms with Gasteiger partial charge in [0.2, 0.25) is 0 Å². The van der Waals surface area contributed by atoms with Crippen molar-refractivity contribution < 1.29 is 9.53 Å². The monoisotopic (exact) mass is 395 g/mol. The third kappa shape index (κ3) is 12.0. The zero-order valence-corrected chi connectivity index (χ0v) is 18.1. The number of terminal acetylenes is 2. The van der Waals surface area contributed by atoms with Gasteiger partial charge in [-0.2, -0.15) is 0 Å². The summed E-state index contributed by atoms with van der Waals surface area (Å²) in [5.41, 5.74) is 1.66. The Morgan fingerprint density at radius 3 is 1.90 bits per heavy atom. The summed E-state index contributed by atoms with van der Waals surface area (Å²) in [6, 6.07) is 7.47. The van der Waals surface area contributed by atoms with Gasteiger partial charge >= 0.3 is 5.97 Å². The second kappa shape index (κ2) is 16.7. The number of ether oxygens (including phenoxy) is 1. The molecule has 0 heterocycles. The van der Waals surface area contributed by atoms with Crippen LogP contribution in [0.1, 0.15) is 87.1 Å². The van der Waals surface area contributed by atoms with Crippen molar-refractivity contribution in [1.29, 1.82) is 0 Å². The number of nitrogens with zero attached hydrogens (tertiary/aromatic N) is 1. The van der Waals surface area contributed by atoms with Gasteiger partial charge in [0.15, 0.2) is 0 Å². The molecule has 1 aromatic rings. The van der Waals surface area contributed by atoms with E-state index in [0.29, 0.717) is 31.8 Å². The molecule has 0 spiro atoms. The minimum Gasteiger partial charge on any atom is -0.462 e. The van der Waals surface area contributed by atoms with Crippen molar-refractivity contribution in [2.24, 2.45) is 0 Å². The molecule has 158 valence electrons. The molecule has 0 aliphatic rings. The molecule has 1 aromatic carbocycles. The maximum absolute atomic E-state index is 12.2. The summed E-state index contributed by atoms with van der Waals surface area (Å²) in [6.45, 7) is 4.43. The molecule has 0 aliphatic heterocycles. The third-order valence-electron chi connectivity index (χ3n) is 4.96. The number of unbranched alkanes of at least 4 members (excludes halogenated alkanes) is 9. The van der Waals surface area contributed by atoms with Crippen LogP contribution in [0.25, 0.3) is 0 Å². The van der Waals surface area contributed by atoms with Gasteiger partial charge in [0, 0.05) is 6.54 Å². The Labute approximate surface area is 178 Å². The molecule has 0 N–H and O–H groups in total. The molecule has 1 rings (SSSR count). The van der Waals surface area contributed by atoms with Gasteiger partial charge in [0.25, 0.3) is 0 Å². The fourth-order valence-electron chi connectivity index (χ4n) is 3.27. The topological polar surface area (TPSA) is 29.5 Å². The Morgan fingerprint density at radius 2 is 1.38 bits per heavy atom. The lowest BCUT2D eigenvalue weighted by atomic mass is 10.1. The zero-order chi connectivity index (χ0) is 21.2. The summed E-state index contributed by atoms with van der Waals surface area (Å²) >= 11 is 0. The number of carbonyl (C=O) groups excluding carboxylic acids is 1. The summed E-state index contributed by atoms with van der Waals surface area (Å²) in [5, 5.41) is 0. The van der Waals surface area contributed by atoms with E-state index in [2.05, 4.69) is 18.8 Å². The van der Waals surface area contributed by atoms with Crippen LogP contribution in [0.2, 0.25) is 0 Å². The number of hydrogen-bond acceptors (Lipinski definition) is 3. The molecule has 0 fully saturated rings. The van der Waals surface area contributed by atoms with E-state index < -0.39 is 0 Å². The van der Waals surface area contributed by atoms with Gasteiger partial charge in [-0.05, 0) is 24.1 Å². The maximum atomic E-state index is 12.2. The Morgan fingerprint density at radius 1 is 0.862 bits per heavy atom. The third-order valence-corrected chi connectivity index (χ3v) is 4.96. The van der Waals surface area contributed by atoms with Crippen LogP contribution in [0, 0.1) is 24.7 Å². The standard InChI is InChI=1S/C26H37NO2/c1-4-7-8-9-10-11-12-13-14-15-22-29-26(28)25-18-16-24(17-19-25)23-27(20-5-2)21-6-3/h2-3,16-19H,4,7-15,20-23H2,1H3. The van der Waals surface area contributed by atoms with Crippen molar-refractivity contribution in [3.63, 3.8) is 0 Å². The smallest absolute Gasteiger partial charge is 0.338 e. The first-order valence-corrected chi connectivity index (χ1v) is 11.1. The van der Waals surface area contributed by atoms with Gasteiger partial charge in [0.05, 0.1) is 25.3 Å². The zero-order valence-electron chi connectivity index (χ0n) is 18.1. The second-order valence-corrected chi connectivity index (χ2v) is 7.57. The maximum Gasteiger partial charge on any atom is 0.338 e.